The van der Waals surface area contributed by atoms with Gasteiger partial charge in [-0.2, -0.15) is 5.26 Å². The van der Waals surface area contributed by atoms with Crippen LogP contribution < -0.4 is 0 Å². The highest BCUT2D eigenvalue weighted by atomic mass is 16.5. The van der Waals surface area contributed by atoms with Crippen LogP contribution in [-0.4, -0.2) is 18.4 Å². The number of Topliss-reactive ketones (excluding diaryl/α,β-unsaturated/α-hetero) is 1. The summed E-state index contributed by atoms with van der Waals surface area (Å²) in [4.78, 5) is 21.6. The molecule has 0 bridgehead atoms. The summed E-state index contributed by atoms with van der Waals surface area (Å²) in [7, 11) is 0. The third-order valence-corrected chi connectivity index (χ3v) is 1.28. The minimum absolute atomic E-state index is 0.0644. The fourth-order valence-corrected chi connectivity index (χ4v) is 0.711. The molecule has 0 aromatic carbocycles. The molecule has 0 fully saturated rings. The van der Waals surface area contributed by atoms with Gasteiger partial charge in [0.1, 0.15) is 12.4 Å². The quantitative estimate of drug-likeness (QED) is 0.465. The van der Waals surface area contributed by atoms with Gasteiger partial charge in [0.05, 0.1) is 6.07 Å². The van der Waals surface area contributed by atoms with E-state index < -0.39 is 11.9 Å². The first-order valence-corrected chi connectivity index (χ1v) is 3.78. The SMILES string of the molecule is C=CCOC(=O)C(C#N)CC(C)=O. The smallest absolute Gasteiger partial charge is 0.324 e. The second-order valence-electron chi connectivity index (χ2n) is 2.51. The maximum atomic E-state index is 11.0. The van der Waals surface area contributed by atoms with Crippen LogP contribution in [0.4, 0.5) is 0 Å². The number of nitriles is 1. The Morgan fingerprint density at radius 2 is 2.31 bits per heavy atom. The molecule has 70 valence electrons. The lowest BCUT2D eigenvalue weighted by Crippen LogP contribution is -2.18. The lowest BCUT2D eigenvalue weighted by atomic mass is 10.1. The normalized spacial score (nSPS) is 11.1. The minimum atomic E-state index is -0.988. The van der Waals surface area contributed by atoms with E-state index in [-0.39, 0.29) is 18.8 Å². The summed E-state index contributed by atoms with van der Waals surface area (Å²) < 4.78 is 4.61. The Morgan fingerprint density at radius 3 is 2.69 bits per heavy atom. The van der Waals surface area contributed by atoms with Crippen molar-refractivity contribution in [1.29, 1.82) is 5.26 Å². The molecule has 0 amide bonds. The zero-order valence-corrected chi connectivity index (χ0v) is 7.45. The van der Waals surface area contributed by atoms with Crippen molar-refractivity contribution in [3.63, 3.8) is 0 Å². The van der Waals surface area contributed by atoms with Gasteiger partial charge in [0, 0.05) is 6.42 Å². The van der Waals surface area contributed by atoms with Gasteiger partial charge in [0.25, 0.3) is 0 Å². The molecule has 0 rings (SSSR count). The second-order valence-corrected chi connectivity index (χ2v) is 2.51. The van der Waals surface area contributed by atoms with Gasteiger partial charge < -0.3 is 4.74 Å². The Labute approximate surface area is 76.8 Å². The number of esters is 1. The van der Waals surface area contributed by atoms with Gasteiger partial charge in [-0.15, -0.1) is 0 Å². The number of nitrogens with zero attached hydrogens (tertiary/aromatic N) is 1. The minimum Gasteiger partial charge on any atom is -0.460 e. The van der Waals surface area contributed by atoms with Gasteiger partial charge >= 0.3 is 5.97 Å². The van der Waals surface area contributed by atoms with Crippen molar-refractivity contribution in [3.8, 4) is 6.07 Å². The van der Waals surface area contributed by atoms with Crippen LogP contribution in [0, 0.1) is 17.2 Å². The van der Waals surface area contributed by atoms with E-state index in [1.807, 2.05) is 0 Å². The van der Waals surface area contributed by atoms with Crippen molar-refractivity contribution in [3.05, 3.63) is 12.7 Å². The molecule has 0 aliphatic carbocycles. The van der Waals surface area contributed by atoms with E-state index >= 15 is 0 Å². The molecule has 1 unspecified atom stereocenters. The highest BCUT2D eigenvalue weighted by molar-refractivity contribution is 5.84. The van der Waals surface area contributed by atoms with E-state index in [0.717, 1.165) is 0 Å². The average molecular weight is 181 g/mol. The number of ketones is 1. The van der Waals surface area contributed by atoms with Crippen LogP contribution in [0.25, 0.3) is 0 Å². The predicted octanol–water partition coefficient (Wildman–Crippen LogP) is 0.834. The Balaban J connectivity index is 4.09. The van der Waals surface area contributed by atoms with E-state index in [4.69, 9.17) is 5.26 Å². The van der Waals surface area contributed by atoms with Crippen molar-refractivity contribution in [2.45, 2.75) is 13.3 Å². The van der Waals surface area contributed by atoms with Crippen LogP contribution in [-0.2, 0) is 14.3 Å². The summed E-state index contributed by atoms with van der Waals surface area (Å²) in [5.74, 6) is -1.86. The number of carbonyl (C=O) groups is 2. The first-order chi connectivity index (χ1) is 6.11. The summed E-state index contributed by atoms with van der Waals surface area (Å²) in [6.07, 6.45) is 1.31. The summed E-state index contributed by atoms with van der Waals surface area (Å²) in [6.45, 7) is 4.74. The van der Waals surface area contributed by atoms with E-state index in [1.54, 1.807) is 6.07 Å². The second kappa shape index (κ2) is 5.95. The molecule has 1 atom stereocenters. The van der Waals surface area contributed by atoms with Gasteiger partial charge in [-0.05, 0) is 6.92 Å². The summed E-state index contributed by atoms with van der Waals surface area (Å²) in [5, 5.41) is 8.52. The summed E-state index contributed by atoms with van der Waals surface area (Å²) >= 11 is 0. The van der Waals surface area contributed by atoms with E-state index in [0.29, 0.717) is 0 Å². The molecule has 0 aliphatic rings. The number of ether oxygens (including phenoxy) is 1. The molecule has 0 aliphatic heterocycles. The average Bonchev–Trinajstić information content (AvgIpc) is 2.09. The Morgan fingerprint density at radius 1 is 1.69 bits per heavy atom. The van der Waals surface area contributed by atoms with Crippen LogP contribution in [0.3, 0.4) is 0 Å². The molecule has 0 saturated carbocycles. The molecule has 0 aromatic heterocycles. The third-order valence-electron chi connectivity index (χ3n) is 1.28. The monoisotopic (exact) mass is 181 g/mol. The number of carbonyl (C=O) groups excluding carboxylic acids is 2. The maximum absolute atomic E-state index is 11.0. The lowest BCUT2D eigenvalue weighted by molar-refractivity contribution is -0.146. The first kappa shape index (κ1) is 11.4. The lowest BCUT2D eigenvalue weighted by Gasteiger charge is -2.05. The summed E-state index contributed by atoms with van der Waals surface area (Å²) in [5.41, 5.74) is 0. The Kier molecular flexibility index (Phi) is 5.20. The highest BCUT2D eigenvalue weighted by Gasteiger charge is 2.20. The standard InChI is InChI=1S/C9H11NO3/c1-3-4-13-9(12)8(6-10)5-7(2)11/h3,8H,1,4-5H2,2H3. The van der Waals surface area contributed by atoms with Crippen molar-refractivity contribution in [2.75, 3.05) is 6.61 Å². The van der Waals surface area contributed by atoms with Crippen LogP contribution in [0.5, 0.6) is 0 Å². The molecule has 13 heavy (non-hydrogen) atoms. The fraction of sp³-hybridized carbons (Fsp3) is 0.444. The van der Waals surface area contributed by atoms with Crippen LogP contribution >= 0.6 is 0 Å². The molecule has 0 N–H and O–H groups in total. The van der Waals surface area contributed by atoms with E-state index in [9.17, 15) is 9.59 Å². The highest BCUT2D eigenvalue weighted by Crippen LogP contribution is 2.04. The maximum Gasteiger partial charge on any atom is 0.324 e. The topological polar surface area (TPSA) is 67.2 Å². The van der Waals surface area contributed by atoms with E-state index in [1.165, 1.54) is 13.0 Å². The van der Waals surface area contributed by atoms with Gasteiger partial charge in [-0.3, -0.25) is 9.59 Å². The summed E-state index contributed by atoms with van der Waals surface area (Å²) in [6, 6.07) is 1.71. The molecule has 0 heterocycles. The molecule has 0 spiro atoms. The predicted molar refractivity (Wildman–Crippen MR) is 45.6 cm³/mol. The number of hydrogen-bond donors (Lipinski definition) is 0. The van der Waals surface area contributed by atoms with Crippen molar-refractivity contribution >= 4 is 11.8 Å². The molecular formula is C9H11NO3. The van der Waals surface area contributed by atoms with Gasteiger partial charge in [-0.1, -0.05) is 12.7 Å². The van der Waals surface area contributed by atoms with Crippen molar-refractivity contribution < 1.29 is 14.3 Å². The van der Waals surface area contributed by atoms with E-state index in [2.05, 4.69) is 11.3 Å². The fourth-order valence-electron chi connectivity index (χ4n) is 0.711. The Bertz CT molecular complexity index is 252. The van der Waals surface area contributed by atoms with Crippen LogP contribution in [0.1, 0.15) is 13.3 Å². The van der Waals surface area contributed by atoms with Crippen LogP contribution in [0.2, 0.25) is 0 Å². The molecule has 4 nitrogen and oxygen atoms in total. The number of hydrogen-bond acceptors (Lipinski definition) is 4. The largest absolute Gasteiger partial charge is 0.460 e. The number of rotatable bonds is 5. The molecule has 0 aromatic rings. The third kappa shape index (κ3) is 4.75. The van der Waals surface area contributed by atoms with Crippen molar-refractivity contribution in [2.24, 2.45) is 5.92 Å². The Hall–Kier alpha value is -1.63. The molecule has 0 saturated heterocycles. The van der Waals surface area contributed by atoms with Gasteiger partial charge in [0.15, 0.2) is 5.92 Å². The van der Waals surface area contributed by atoms with Crippen molar-refractivity contribution in [1.82, 2.24) is 0 Å². The van der Waals surface area contributed by atoms with Gasteiger partial charge in [-0.25, -0.2) is 0 Å². The molecule has 4 heteroatoms. The molecule has 0 radical (unpaired) electrons. The van der Waals surface area contributed by atoms with Gasteiger partial charge in [0.2, 0.25) is 0 Å². The first-order valence-electron chi connectivity index (χ1n) is 3.78. The van der Waals surface area contributed by atoms with Crippen LogP contribution in [0.15, 0.2) is 12.7 Å². The zero-order chi connectivity index (χ0) is 10.3. The molecular weight excluding hydrogens is 170 g/mol. The zero-order valence-electron chi connectivity index (χ0n) is 7.45.